The Balaban J connectivity index is 2.04. The molecule has 0 radical (unpaired) electrons. The van der Waals surface area contributed by atoms with Crippen molar-refractivity contribution in [1.82, 2.24) is 4.90 Å². The fraction of sp³-hybridized carbons (Fsp3) is 0.533. The predicted molar refractivity (Wildman–Crippen MR) is 73.2 cm³/mol. The summed E-state index contributed by atoms with van der Waals surface area (Å²) in [5, 5.41) is 9.15. The number of carboxylic acid groups (broad SMARTS) is 1. The van der Waals surface area contributed by atoms with Crippen LogP contribution in [0.25, 0.3) is 0 Å². The van der Waals surface area contributed by atoms with Gasteiger partial charge in [0.1, 0.15) is 5.75 Å². The van der Waals surface area contributed by atoms with E-state index in [-0.39, 0.29) is 11.8 Å². The number of ether oxygens (including phenoxy) is 1. The Morgan fingerprint density at radius 3 is 2.79 bits per heavy atom. The molecule has 2 rings (SSSR count). The first-order valence-electron chi connectivity index (χ1n) is 6.77. The first-order chi connectivity index (χ1) is 9.11. The van der Waals surface area contributed by atoms with Crippen LogP contribution in [0.3, 0.4) is 0 Å². The van der Waals surface area contributed by atoms with Crippen molar-refractivity contribution in [2.24, 2.45) is 11.8 Å². The molecule has 1 saturated heterocycles. The third-order valence-corrected chi connectivity index (χ3v) is 3.67. The average Bonchev–Trinajstić information content (AvgIpc) is 2.73. The molecule has 104 valence electrons. The van der Waals surface area contributed by atoms with Gasteiger partial charge < -0.3 is 9.84 Å². The third kappa shape index (κ3) is 3.26. The van der Waals surface area contributed by atoms with Crippen molar-refractivity contribution in [1.29, 1.82) is 0 Å². The summed E-state index contributed by atoms with van der Waals surface area (Å²) in [5.41, 5.74) is 1.13. The van der Waals surface area contributed by atoms with Crippen molar-refractivity contribution in [3.8, 4) is 5.75 Å². The van der Waals surface area contributed by atoms with Gasteiger partial charge >= 0.3 is 5.97 Å². The van der Waals surface area contributed by atoms with E-state index in [0.717, 1.165) is 24.4 Å². The molecule has 1 fully saturated rings. The Morgan fingerprint density at radius 1 is 1.42 bits per heavy atom. The SMILES string of the molecule is CCOc1ccccc1CN1CC(C)C(C(=O)O)C1. The van der Waals surface area contributed by atoms with Gasteiger partial charge in [0.15, 0.2) is 0 Å². The monoisotopic (exact) mass is 263 g/mol. The van der Waals surface area contributed by atoms with Crippen molar-refractivity contribution in [3.63, 3.8) is 0 Å². The van der Waals surface area contributed by atoms with Crippen LogP contribution in [-0.2, 0) is 11.3 Å². The zero-order valence-electron chi connectivity index (χ0n) is 11.5. The van der Waals surface area contributed by atoms with Crippen molar-refractivity contribution >= 4 is 5.97 Å². The molecule has 4 nitrogen and oxygen atoms in total. The molecular formula is C15H21NO3. The van der Waals surface area contributed by atoms with E-state index < -0.39 is 5.97 Å². The molecule has 2 atom stereocenters. The van der Waals surface area contributed by atoms with Crippen LogP contribution >= 0.6 is 0 Å². The molecule has 0 amide bonds. The summed E-state index contributed by atoms with van der Waals surface area (Å²) in [6.07, 6.45) is 0. The minimum absolute atomic E-state index is 0.205. The topological polar surface area (TPSA) is 49.8 Å². The zero-order valence-corrected chi connectivity index (χ0v) is 11.5. The van der Waals surface area contributed by atoms with E-state index >= 15 is 0 Å². The van der Waals surface area contributed by atoms with Gasteiger partial charge in [0.05, 0.1) is 12.5 Å². The van der Waals surface area contributed by atoms with E-state index in [1.807, 2.05) is 38.1 Å². The van der Waals surface area contributed by atoms with Crippen LogP contribution in [0.5, 0.6) is 5.75 Å². The normalized spacial score (nSPS) is 23.5. The maximum Gasteiger partial charge on any atom is 0.308 e. The lowest BCUT2D eigenvalue weighted by molar-refractivity contribution is -0.142. The number of hydrogen-bond donors (Lipinski definition) is 1. The molecule has 0 spiro atoms. The van der Waals surface area contributed by atoms with Crippen LogP contribution in [0.1, 0.15) is 19.4 Å². The number of hydrogen-bond acceptors (Lipinski definition) is 3. The van der Waals surface area contributed by atoms with Crippen LogP contribution < -0.4 is 4.74 Å². The molecule has 0 bridgehead atoms. The van der Waals surface area contributed by atoms with Gasteiger partial charge in [-0.3, -0.25) is 9.69 Å². The molecule has 0 saturated carbocycles. The highest BCUT2D eigenvalue weighted by Crippen LogP contribution is 2.27. The summed E-state index contributed by atoms with van der Waals surface area (Å²) >= 11 is 0. The van der Waals surface area contributed by atoms with Gasteiger partial charge in [-0.2, -0.15) is 0 Å². The Hall–Kier alpha value is -1.55. The molecule has 1 N–H and O–H groups in total. The lowest BCUT2D eigenvalue weighted by atomic mass is 9.99. The van der Waals surface area contributed by atoms with E-state index in [2.05, 4.69) is 4.90 Å². The smallest absolute Gasteiger partial charge is 0.308 e. The fourth-order valence-electron chi connectivity index (χ4n) is 2.69. The second-order valence-corrected chi connectivity index (χ2v) is 5.16. The summed E-state index contributed by atoms with van der Waals surface area (Å²) in [7, 11) is 0. The van der Waals surface area contributed by atoms with Crippen molar-refractivity contribution in [2.45, 2.75) is 20.4 Å². The molecule has 1 aromatic carbocycles. The molecular weight excluding hydrogens is 242 g/mol. The second-order valence-electron chi connectivity index (χ2n) is 5.16. The summed E-state index contributed by atoms with van der Waals surface area (Å²) in [4.78, 5) is 13.3. The van der Waals surface area contributed by atoms with Crippen LogP contribution in [-0.4, -0.2) is 35.7 Å². The number of rotatable bonds is 5. The summed E-state index contributed by atoms with van der Waals surface area (Å²) in [6.45, 7) is 6.83. The van der Waals surface area contributed by atoms with Crippen molar-refractivity contribution in [3.05, 3.63) is 29.8 Å². The van der Waals surface area contributed by atoms with Gasteiger partial charge in [0.2, 0.25) is 0 Å². The second kappa shape index (κ2) is 6.06. The highest BCUT2D eigenvalue weighted by molar-refractivity contribution is 5.71. The number of para-hydroxylation sites is 1. The van der Waals surface area contributed by atoms with Gasteiger partial charge in [-0.25, -0.2) is 0 Å². The molecule has 0 aromatic heterocycles. The Kier molecular flexibility index (Phi) is 4.43. The number of aliphatic carboxylic acids is 1. The predicted octanol–water partition coefficient (Wildman–Crippen LogP) is 2.24. The lowest BCUT2D eigenvalue weighted by Crippen LogP contribution is -2.23. The standard InChI is InChI=1S/C15H21NO3/c1-3-19-14-7-5-4-6-12(14)9-16-8-11(2)13(10-16)15(17)18/h4-7,11,13H,3,8-10H2,1-2H3,(H,17,18). The van der Waals surface area contributed by atoms with Gasteiger partial charge in [-0.15, -0.1) is 0 Å². The van der Waals surface area contributed by atoms with Gasteiger partial charge in [-0.1, -0.05) is 25.1 Å². The van der Waals surface area contributed by atoms with E-state index in [0.29, 0.717) is 13.2 Å². The van der Waals surface area contributed by atoms with E-state index in [9.17, 15) is 4.79 Å². The van der Waals surface area contributed by atoms with Crippen LogP contribution in [0.15, 0.2) is 24.3 Å². The van der Waals surface area contributed by atoms with Crippen molar-refractivity contribution < 1.29 is 14.6 Å². The number of likely N-dealkylation sites (tertiary alicyclic amines) is 1. The Bertz CT molecular complexity index is 447. The summed E-state index contributed by atoms with van der Waals surface area (Å²) < 4.78 is 5.61. The van der Waals surface area contributed by atoms with Gasteiger partial charge in [-0.05, 0) is 18.9 Å². The number of benzene rings is 1. The highest BCUT2D eigenvalue weighted by atomic mass is 16.5. The first-order valence-corrected chi connectivity index (χ1v) is 6.77. The van der Waals surface area contributed by atoms with Gasteiger partial charge in [0, 0.05) is 25.2 Å². The number of carboxylic acids is 1. The molecule has 1 aliphatic rings. The van der Waals surface area contributed by atoms with Crippen LogP contribution in [0.2, 0.25) is 0 Å². The van der Waals surface area contributed by atoms with Crippen LogP contribution in [0, 0.1) is 11.8 Å². The minimum atomic E-state index is -0.687. The lowest BCUT2D eigenvalue weighted by Gasteiger charge is -2.17. The van der Waals surface area contributed by atoms with E-state index in [1.54, 1.807) is 0 Å². The maximum absolute atomic E-state index is 11.1. The highest BCUT2D eigenvalue weighted by Gasteiger charge is 2.34. The zero-order chi connectivity index (χ0) is 13.8. The van der Waals surface area contributed by atoms with Crippen LogP contribution in [0.4, 0.5) is 0 Å². The van der Waals surface area contributed by atoms with Gasteiger partial charge in [0.25, 0.3) is 0 Å². The minimum Gasteiger partial charge on any atom is -0.494 e. The number of carbonyl (C=O) groups is 1. The summed E-state index contributed by atoms with van der Waals surface area (Å²) in [6, 6.07) is 7.96. The van der Waals surface area contributed by atoms with E-state index in [4.69, 9.17) is 9.84 Å². The molecule has 1 aromatic rings. The molecule has 1 heterocycles. The fourth-order valence-corrected chi connectivity index (χ4v) is 2.69. The molecule has 0 aliphatic carbocycles. The Morgan fingerprint density at radius 2 is 2.16 bits per heavy atom. The Labute approximate surface area is 114 Å². The average molecular weight is 263 g/mol. The summed E-state index contributed by atoms with van der Waals surface area (Å²) in [5.74, 6) is 0.167. The maximum atomic E-state index is 11.1. The first kappa shape index (κ1) is 13.9. The molecule has 1 aliphatic heterocycles. The molecule has 4 heteroatoms. The van der Waals surface area contributed by atoms with Crippen molar-refractivity contribution in [2.75, 3.05) is 19.7 Å². The third-order valence-electron chi connectivity index (χ3n) is 3.67. The molecule has 2 unspecified atom stereocenters. The number of nitrogens with zero attached hydrogens (tertiary/aromatic N) is 1. The quantitative estimate of drug-likeness (QED) is 0.885. The largest absolute Gasteiger partial charge is 0.494 e. The van der Waals surface area contributed by atoms with E-state index in [1.165, 1.54) is 0 Å². The molecule has 19 heavy (non-hydrogen) atoms.